The maximum absolute atomic E-state index is 13.6. The molecule has 2 aromatic rings. The molecule has 1 aliphatic rings. The number of amides is 2. The Bertz CT molecular complexity index is 1280. The SMILES string of the molecule is CC(C)(C)OC(=O)N[C@H](C(=O)N1C[C@H](S(=O)(=O)c2ccc3ccccc3c2)C[C@H]1C(=O)O)C(C)(C)C. The number of hydrogen-bond acceptors (Lipinski definition) is 6. The van der Waals surface area contributed by atoms with Gasteiger partial charge in [-0.2, -0.15) is 0 Å². The fraction of sp³-hybridized carbons (Fsp3) is 0.500. The Hall–Kier alpha value is -3.14. The highest BCUT2D eigenvalue weighted by atomic mass is 32.2. The molecule has 2 N–H and O–H groups in total. The van der Waals surface area contributed by atoms with E-state index in [0.717, 1.165) is 15.7 Å². The molecular formula is C26H34N2O7S. The topological polar surface area (TPSA) is 130 Å². The van der Waals surface area contributed by atoms with Crippen LogP contribution in [-0.2, 0) is 24.2 Å². The molecule has 2 amide bonds. The summed E-state index contributed by atoms with van der Waals surface area (Å²) in [6.45, 7) is 9.93. The number of carboxylic acids is 1. The van der Waals surface area contributed by atoms with Gasteiger partial charge in [-0.1, -0.05) is 51.1 Å². The summed E-state index contributed by atoms with van der Waals surface area (Å²) in [7, 11) is -3.94. The molecule has 2 aromatic carbocycles. The summed E-state index contributed by atoms with van der Waals surface area (Å²) in [5.41, 5.74) is -1.60. The van der Waals surface area contributed by atoms with E-state index in [-0.39, 0.29) is 17.9 Å². The first kappa shape index (κ1) is 27.4. The van der Waals surface area contributed by atoms with Gasteiger partial charge in [-0.05, 0) is 55.5 Å². The molecule has 1 heterocycles. The van der Waals surface area contributed by atoms with Gasteiger partial charge in [0.15, 0.2) is 9.84 Å². The van der Waals surface area contributed by atoms with Gasteiger partial charge in [0.2, 0.25) is 5.91 Å². The summed E-state index contributed by atoms with van der Waals surface area (Å²) in [5, 5.41) is 12.9. The number of benzene rings is 2. The average Bonchev–Trinajstić information content (AvgIpc) is 3.21. The van der Waals surface area contributed by atoms with Crippen LogP contribution in [0.3, 0.4) is 0 Å². The second kappa shape index (κ2) is 9.72. The number of carboxylic acid groups (broad SMARTS) is 1. The van der Waals surface area contributed by atoms with Crippen molar-refractivity contribution in [2.24, 2.45) is 5.41 Å². The van der Waals surface area contributed by atoms with Crippen molar-refractivity contribution in [1.82, 2.24) is 10.2 Å². The number of carbonyl (C=O) groups excluding carboxylic acids is 2. The Morgan fingerprint density at radius 3 is 2.19 bits per heavy atom. The lowest BCUT2D eigenvalue weighted by molar-refractivity contribution is -0.150. The number of ether oxygens (including phenoxy) is 1. The van der Waals surface area contributed by atoms with E-state index in [9.17, 15) is 27.9 Å². The van der Waals surface area contributed by atoms with E-state index >= 15 is 0 Å². The largest absolute Gasteiger partial charge is 0.480 e. The molecule has 36 heavy (non-hydrogen) atoms. The predicted octanol–water partition coefficient (Wildman–Crippen LogP) is 3.61. The molecule has 0 aliphatic carbocycles. The lowest BCUT2D eigenvalue weighted by atomic mass is 9.85. The molecular weight excluding hydrogens is 484 g/mol. The zero-order valence-corrected chi connectivity index (χ0v) is 22.3. The van der Waals surface area contributed by atoms with Crippen molar-refractivity contribution in [2.45, 2.75) is 75.8 Å². The Kier molecular flexibility index (Phi) is 7.41. The van der Waals surface area contributed by atoms with Crippen LogP contribution in [0.1, 0.15) is 48.0 Å². The van der Waals surface area contributed by atoms with E-state index in [1.54, 1.807) is 65.8 Å². The van der Waals surface area contributed by atoms with Crippen molar-refractivity contribution in [3.63, 3.8) is 0 Å². The third kappa shape index (κ3) is 5.98. The number of alkyl carbamates (subject to hydrolysis) is 1. The van der Waals surface area contributed by atoms with Crippen molar-refractivity contribution >= 4 is 38.6 Å². The number of hydrogen-bond donors (Lipinski definition) is 2. The van der Waals surface area contributed by atoms with E-state index in [4.69, 9.17) is 4.74 Å². The summed E-state index contributed by atoms with van der Waals surface area (Å²) < 4.78 is 32.3. The molecule has 0 spiro atoms. The number of nitrogens with one attached hydrogen (secondary N) is 1. The molecule has 0 bridgehead atoms. The quantitative estimate of drug-likeness (QED) is 0.618. The minimum atomic E-state index is -3.94. The number of rotatable bonds is 5. The molecule has 9 nitrogen and oxygen atoms in total. The second-order valence-electron chi connectivity index (χ2n) is 11.2. The van der Waals surface area contributed by atoms with Crippen LogP contribution in [-0.4, -0.2) is 65.9 Å². The Morgan fingerprint density at radius 1 is 1.03 bits per heavy atom. The van der Waals surface area contributed by atoms with Gasteiger partial charge < -0.3 is 20.1 Å². The van der Waals surface area contributed by atoms with Gasteiger partial charge in [0.1, 0.15) is 17.7 Å². The summed E-state index contributed by atoms with van der Waals surface area (Å²) in [4.78, 5) is 39.2. The first-order chi connectivity index (χ1) is 16.5. The van der Waals surface area contributed by atoms with Gasteiger partial charge in [0.05, 0.1) is 10.1 Å². The van der Waals surface area contributed by atoms with Gasteiger partial charge in [-0.15, -0.1) is 0 Å². The molecule has 0 radical (unpaired) electrons. The molecule has 3 rings (SSSR count). The minimum absolute atomic E-state index is 0.0730. The van der Waals surface area contributed by atoms with Crippen LogP contribution in [0.2, 0.25) is 0 Å². The highest BCUT2D eigenvalue weighted by Gasteiger charge is 2.48. The van der Waals surface area contributed by atoms with Crippen LogP contribution < -0.4 is 5.32 Å². The summed E-state index contributed by atoms with van der Waals surface area (Å²) in [5.74, 6) is -1.97. The second-order valence-corrected chi connectivity index (χ2v) is 13.4. The zero-order valence-electron chi connectivity index (χ0n) is 21.4. The number of carbonyl (C=O) groups is 3. The first-order valence-electron chi connectivity index (χ1n) is 11.8. The number of nitrogens with zero attached hydrogens (tertiary/aromatic N) is 1. The average molecular weight is 519 g/mol. The maximum atomic E-state index is 13.6. The van der Waals surface area contributed by atoms with Crippen molar-refractivity contribution in [1.29, 1.82) is 0 Å². The van der Waals surface area contributed by atoms with Crippen molar-refractivity contribution in [2.75, 3.05) is 6.54 Å². The number of likely N-dealkylation sites (tertiary alicyclic amines) is 1. The van der Waals surface area contributed by atoms with Crippen LogP contribution in [0.15, 0.2) is 47.4 Å². The summed E-state index contributed by atoms with van der Waals surface area (Å²) in [6, 6.07) is 9.62. The van der Waals surface area contributed by atoms with Crippen LogP contribution in [0.25, 0.3) is 10.8 Å². The lowest BCUT2D eigenvalue weighted by Crippen LogP contribution is -2.57. The van der Waals surface area contributed by atoms with E-state index in [1.165, 1.54) is 6.07 Å². The molecule has 1 fully saturated rings. The summed E-state index contributed by atoms with van der Waals surface area (Å²) >= 11 is 0. The molecule has 196 valence electrons. The molecule has 1 aliphatic heterocycles. The van der Waals surface area contributed by atoms with Gasteiger partial charge in [0.25, 0.3) is 0 Å². The monoisotopic (exact) mass is 518 g/mol. The Balaban J connectivity index is 1.91. The highest BCUT2D eigenvalue weighted by Crippen LogP contribution is 2.32. The van der Waals surface area contributed by atoms with Gasteiger partial charge in [0, 0.05) is 6.54 Å². The van der Waals surface area contributed by atoms with Crippen molar-refractivity contribution < 1.29 is 32.6 Å². The maximum Gasteiger partial charge on any atom is 0.408 e. The third-order valence-electron chi connectivity index (χ3n) is 6.09. The van der Waals surface area contributed by atoms with Crippen LogP contribution in [0.4, 0.5) is 4.79 Å². The predicted molar refractivity (Wildman–Crippen MR) is 135 cm³/mol. The molecule has 0 unspecified atom stereocenters. The Labute approximate surface area is 211 Å². The smallest absolute Gasteiger partial charge is 0.408 e. The van der Waals surface area contributed by atoms with E-state index in [1.807, 2.05) is 12.1 Å². The van der Waals surface area contributed by atoms with E-state index in [0.29, 0.717) is 0 Å². The van der Waals surface area contributed by atoms with Crippen LogP contribution in [0.5, 0.6) is 0 Å². The van der Waals surface area contributed by atoms with Crippen molar-refractivity contribution in [3.05, 3.63) is 42.5 Å². The standard InChI is InChI=1S/C26H34N2O7S/c1-25(2,3)21(27-24(32)35-26(4,5)6)22(29)28-15-19(14-20(28)23(30)31)36(33,34)18-12-11-16-9-7-8-10-17(16)13-18/h7-13,19-21H,14-15H2,1-6H3,(H,27,32)(H,30,31)/t19-,20+,21-/m1/s1. The molecule has 1 saturated heterocycles. The van der Waals surface area contributed by atoms with E-state index < -0.39 is 56.2 Å². The van der Waals surface area contributed by atoms with Gasteiger partial charge >= 0.3 is 12.1 Å². The van der Waals surface area contributed by atoms with Gasteiger partial charge in [-0.25, -0.2) is 18.0 Å². The van der Waals surface area contributed by atoms with Crippen molar-refractivity contribution in [3.8, 4) is 0 Å². The third-order valence-corrected chi connectivity index (χ3v) is 8.22. The highest BCUT2D eigenvalue weighted by molar-refractivity contribution is 7.92. The number of fused-ring (bicyclic) bond motifs is 1. The van der Waals surface area contributed by atoms with Crippen LogP contribution >= 0.6 is 0 Å². The zero-order chi connectivity index (χ0) is 27.1. The lowest BCUT2D eigenvalue weighted by Gasteiger charge is -2.35. The molecule has 3 atom stereocenters. The normalized spacial score (nSPS) is 19.7. The Morgan fingerprint density at radius 2 is 1.64 bits per heavy atom. The summed E-state index contributed by atoms with van der Waals surface area (Å²) in [6.07, 6.45) is -1.07. The fourth-order valence-electron chi connectivity index (χ4n) is 4.28. The fourth-order valence-corrected chi connectivity index (χ4v) is 6.00. The first-order valence-corrected chi connectivity index (χ1v) is 13.3. The molecule has 10 heteroatoms. The van der Waals surface area contributed by atoms with Crippen LogP contribution in [0, 0.1) is 5.41 Å². The number of sulfone groups is 1. The van der Waals surface area contributed by atoms with E-state index in [2.05, 4.69) is 5.32 Å². The minimum Gasteiger partial charge on any atom is -0.480 e. The number of aliphatic carboxylic acids is 1. The molecule has 0 aromatic heterocycles. The molecule has 0 saturated carbocycles. The van der Waals surface area contributed by atoms with Gasteiger partial charge in [-0.3, -0.25) is 4.79 Å².